The van der Waals surface area contributed by atoms with E-state index >= 15 is 0 Å². The van der Waals surface area contributed by atoms with E-state index in [0.29, 0.717) is 11.6 Å². The van der Waals surface area contributed by atoms with Crippen LogP contribution in [0.25, 0.3) is 0 Å². The summed E-state index contributed by atoms with van der Waals surface area (Å²) in [7, 11) is 1.69. The standard InChI is InChI=1S/C13H12ClNO2S/c1-15(7-9-4-5-18-8-9)13(17)11-6-10(14)2-3-12(11)16/h2-6,8,16H,7H2,1H3. The van der Waals surface area contributed by atoms with Gasteiger partial charge in [-0.3, -0.25) is 4.79 Å². The highest BCUT2D eigenvalue weighted by molar-refractivity contribution is 7.07. The van der Waals surface area contributed by atoms with Crippen molar-refractivity contribution in [1.82, 2.24) is 4.90 Å². The highest BCUT2D eigenvalue weighted by Gasteiger charge is 2.16. The molecule has 0 radical (unpaired) electrons. The van der Waals surface area contributed by atoms with Gasteiger partial charge in [0.25, 0.3) is 5.91 Å². The zero-order valence-corrected chi connectivity index (χ0v) is 11.3. The molecule has 0 saturated carbocycles. The maximum atomic E-state index is 12.2. The highest BCUT2D eigenvalue weighted by atomic mass is 35.5. The minimum atomic E-state index is -0.249. The summed E-state index contributed by atoms with van der Waals surface area (Å²) < 4.78 is 0. The lowest BCUT2D eigenvalue weighted by molar-refractivity contribution is 0.0782. The first-order chi connectivity index (χ1) is 8.58. The molecule has 2 rings (SSSR count). The average Bonchev–Trinajstić information content (AvgIpc) is 2.84. The van der Waals surface area contributed by atoms with Gasteiger partial charge in [0, 0.05) is 18.6 Å². The lowest BCUT2D eigenvalue weighted by Gasteiger charge is -2.17. The predicted octanol–water partition coefficient (Wildman–Crippen LogP) is 3.38. The molecule has 0 aliphatic carbocycles. The molecule has 0 aliphatic heterocycles. The van der Waals surface area contributed by atoms with Crippen molar-refractivity contribution in [2.45, 2.75) is 6.54 Å². The van der Waals surface area contributed by atoms with Crippen LogP contribution in [0.1, 0.15) is 15.9 Å². The molecule has 0 unspecified atom stereocenters. The fourth-order valence-corrected chi connectivity index (χ4v) is 2.45. The largest absolute Gasteiger partial charge is 0.507 e. The Balaban J connectivity index is 2.17. The van der Waals surface area contributed by atoms with Gasteiger partial charge in [-0.2, -0.15) is 11.3 Å². The summed E-state index contributed by atoms with van der Waals surface area (Å²) in [5.74, 6) is -0.303. The third-order valence-corrected chi connectivity index (χ3v) is 3.50. The van der Waals surface area contributed by atoms with Crippen LogP contribution in [0.3, 0.4) is 0 Å². The Morgan fingerprint density at radius 3 is 2.89 bits per heavy atom. The van der Waals surface area contributed by atoms with E-state index in [4.69, 9.17) is 11.6 Å². The molecule has 2 aromatic rings. The second kappa shape index (κ2) is 5.42. The molecule has 0 aliphatic rings. The maximum absolute atomic E-state index is 12.2. The monoisotopic (exact) mass is 281 g/mol. The molecule has 1 heterocycles. The van der Waals surface area contributed by atoms with Gasteiger partial charge in [0.05, 0.1) is 5.56 Å². The Labute approximate surface area is 114 Å². The summed E-state index contributed by atoms with van der Waals surface area (Å²) in [6.07, 6.45) is 0. The summed E-state index contributed by atoms with van der Waals surface area (Å²) in [5, 5.41) is 14.1. The first-order valence-electron chi connectivity index (χ1n) is 5.33. The zero-order chi connectivity index (χ0) is 13.1. The number of nitrogens with zero attached hydrogens (tertiary/aromatic N) is 1. The van der Waals surface area contributed by atoms with Crippen LogP contribution in [-0.4, -0.2) is 23.0 Å². The summed E-state index contributed by atoms with van der Waals surface area (Å²) in [6, 6.07) is 6.41. The van der Waals surface area contributed by atoms with Gasteiger partial charge < -0.3 is 10.0 Å². The zero-order valence-electron chi connectivity index (χ0n) is 9.76. The van der Waals surface area contributed by atoms with Gasteiger partial charge in [-0.05, 0) is 40.6 Å². The molecule has 1 amide bonds. The number of carbonyl (C=O) groups excluding carboxylic acids is 1. The molecule has 0 atom stereocenters. The quantitative estimate of drug-likeness (QED) is 0.937. The van der Waals surface area contributed by atoms with Crippen molar-refractivity contribution in [3.8, 4) is 5.75 Å². The molecule has 0 saturated heterocycles. The average molecular weight is 282 g/mol. The number of benzene rings is 1. The van der Waals surface area contributed by atoms with Gasteiger partial charge in [-0.1, -0.05) is 11.6 Å². The molecule has 5 heteroatoms. The van der Waals surface area contributed by atoms with Crippen LogP contribution in [0.2, 0.25) is 5.02 Å². The van der Waals surface area contributed by atoms with Gasteiger partial charge in [-0.15, -0.1) is 0 Å². The maximum Gasteiger partial charge on any atom is 0.257 e. The molecule has 1 aromatic carbocycles. The summed E-state index contributed by atoms with van der Waals surface area (Å²) in [4.78, 5) is 13.7. The number of aromatic hydroxyl groups is 1. The van der Waals surface area contributed by atoms with Crippen LogP contribution < -0.4 is 0 Å². The molecule has 0 spiro atoms. The van der Waals surface area contributed by atoms with Crippen molar-refractivity contribution in [3.63, 3.8) is 0 Å². The van der Waals surface area contributed by atoms with E-state index < -0.39 is 0 Å². The molecule has 94 valence electrons. The van der Waals surface area contributed by atoms with Crippen LogP contribution in [-0.2, 0) is 6.54 Å². The second-order valence-corrected chi connectivity index (χ2v) is 5.17. The van der Waals surface area contributed by atoms with Gasteiger partial charge in [0.2, 0.25) is 0 Å². The van der Waals surface area contributed by atoms with Crippen molar-refractivity contribution in [3.05, 3.63) is 51.2 Å². The molecule has 1 aromatic heterocycles. The first-order valence-corrected chi connectivity index (χ1v) is 6.65. The normalized spacial score (nSPS) is 10.3. The van der Waals surface area contributed by atoms with Crippen molar-refractivity contribution < 1.29 is 9.90 Å². The first kappa shape index (κ1) is 12.9. The SMILES string of the molecule is CN(Cc1ccsc1)C(=O)c1cc(Cl)ccc1O. The minimum Gasteiger partial charge on any atom is -0.507 e. The number of carbonyl (C=O) groups is 1. The molecule has 0 fully saturated rings. The number of halogens is 1. The number of rotatable bonds is 3. The molecule has 0 bridgehead atoms. The number of amides is 1. The lowest BCUT2D eigenvalue weighted by Crippen LogP contribution is -2.26. The number of thiophene rings is 1. The summed E-state index contributed by atoms with van der Waals surface area (Å²) >= 11 is 7.41. The Bertz CT molecular complexity index is 554. The number of phenols is 1. The van der Waals surface area contributed by atoms with E-state index in [1.807, 2.05) is 16.8 Å². The van der Waals surface area contributed by atoms with E-state index in [0.717, 1.165) is 5.56 Å². The molecular weight excluding hydrogens is 270 g/mol. The Morgan fingerprint density at radius 1 is 1.44 bits per heavy atom. The third-order valence-electron chi connectivity index (χ3n) is 2.54. The number of hydrogen-bond acceptors (Lipinski definition) is 3. The van der Waals surface area contributed by atoms with Crippen LogP contribution in [0.15, 0.2) is 35.0 Å². The van der Waals surface area contributed by atoms with Gasteiger partial charge in [-0.25, -0.2) is 0 Å². The van der Waals surface area contributed by atoms with Crippen LogP contribution in [0.4, 0.5) is 0 Å². The Hall–Kier alpha value is -1.52. The van der Waals surface area contributed by atoms with E-state index in [-0.39, 0.29) is 17.2 Å². The van der Waals surface area contributed by atoms with Crippen molar-refractivity contribution >= 4 is 28.8 Å². The molecular formula is C13H12ClNO2S. The van der Waals surface area contributed by atoms with Crippen molar-refractivity contribution in [2.75, 3.05) is 7.05 Å². The van der Waals surface area contributed by atoms with Crippen LogP contribution in [0, 0.1) is 0 Å². The molecule has 3 nitrogen and oxygen atoms in total. The fourth-order valence-electron chi connectivity index (χ4n) is 1.61. The molecule has 18 heavy (non-hydrogen) atoms. The predicted molar refractivity (Wildman–Crippen MR) is 73.2 cm³/mol. The highest BCUT2D eigenvalue weighted by Crippen LogP contribution is 2.23. The summed E-state index contributed by atoms with van der Waals surface area (Å²) in [5.41, 5.74) is 1.29. The van der Waals surface area contributed by atoms with Crippen molar-refractivity contribution in [1.29, 1.82) is 0 Å². The van der Waals surface area contributed by atoms with Crippen LogP contribution in [0.5, 0.6) is 5.75 Å². The Morgan fingerprint density at radius 2 is 2.22 bits per heavy atom. The Kier molecular flexibility index (Phi) is 3.89. The second-order valence-electron chi connectivity index (χ2n) is 3.95. The smallest absolute Gasteiger partial charge is 0.257 e. The number of phenolic OH excluding ortho intramolecular Hbond substituents is 1. The van der Waals surface area contributed by atoms with Crippen LogP contribution >= 0.6 is 22.9 Å². The fraction of sp³-hybridized carbons (Fsp3) is 0.154. The van der Waals surface area contributed by atoms with E-state index in [9.17, 15) is 9.90 Å². The van der Waals surface area contributed by atoms with E-state index in [2.05, 4.69) is 0 Å². The third kappa shape index (κ3) is 2.83. The lowest BCUT2D eigenvalue weighted by atomic mass is 10.1. The molecule has 1 N–H and O–H groups in total. The van der Waals surface area contributed by atoms with Gasteiger partial charge >= 0.3 is 0 Å². The van der Waals surface area contributed by atoms with Gasteiger partial charge in [0.15, 0.2) is 0 Å². The van der Waals surface area contributed by atoms with Gasteiger partial charge in [0.1, 0.15) is 5.75 Å². The van der Waals surface area contributed by atoms with Crippen molar-refractivity contribution in [2.24, 2.45) is 0 Å². The van der Waals surface area contributed by atoms with E-state index in [1.54, 1.807) is 29.4 Å². The minimum absolute atomic E-state index is 0.0541. The van der Waals surface area contributed by atoms with E-state index in [1.165, 1.54) is 12.1 Å². The topological polar surface area (TPSA) is 40.5 Å². The summed E-state index contributed by atoms with van der Waals surface area (Å²) in [6.45, 7) is 0.508. The number of hydrogen-bond donors (Lipinski definition) is 1.